The zero-order valence-corrected chi connectivity index (χ0v) is 19.0. The van der Waals surface area contributed by atoms with Gasteiger partial charge in [0.1, 0.15) is 0 Å². The van der Waals surface area contributed by atoms with Crippen LogP contribution >= 0.6 is 11.3 Å². The molecule has 1 atom stereocenters. The van der Waals surface area contributed by atoms with E-state index in [9.17, 15) is 13.2 Å². The molecule has 0 aliphatic carbocycles. The number of thiophene rings is 1. The van der Waals surface area contributed by atoms with E-state index in [4.69, 9.17) is 0 Å². The molecule has 162 valence electrons. The predicted octanol–water partition coefficient (Wildman–Crippen LogP) is 3.10. The molecule has 0 bridgehead atoms. The fraction of sp³-hybridized carbons (Fsp3) is 0.500. The van der Waals surface area contributed by atoms with E-state index in [1.165, 1.54) is 28.1 Å². The molecule has 2 aliphatic heterocycles. The lowest BCUT2D eigenvalue weighted by Gasteiger charge is -2.27. The van der Waals surface area contributed by atoms with Gasteiger partial charge in [-0.25, -0.2) is 8.42 Å². The van der Waals surface area contributed by atoms with Gasteiger partial charge in [0.15, 0.2) is 0 Å². The van der Waals surface area contributed by atoms with Crippen molar-refractivity contribution in [1.82, 2.24) is 14.5 Å². The maximum atomic E-state index is 13.2. The molecule has 0 spiro atoms. The highest BCUT2D eigenvalue weighted by Gasteiger charge is 2.29. The molecule has 1 saturated heterocycles. The van der Waals surface area contributed by atoms with Crippen LogP contribution in [0.2, 0.25) is 0 Å². The van der Waals surface area contributed by atoms with E-state index in [0.717, 1.165) is 31.5 Å². The van der Waals surface area contributed by atoms with Crippen LogP contribution in [-0.4, -0.2) is 55.8 Å². The third-order valence-corrected chi connectivity index (χ3v) is 9.00. The summed E-state index contributed by atoms with van der Waals surface area (Å²) in [5, 5.41) is 5.02. The van der Waals surface area contributed by atoms with E-state index in [1.54, 1.807) is 29.5 Å². The molecular weight excluding hydrogens is 418 g/mol. The van der Waals surface area contributed by atoms with Crippen LogP contribution in [0.3, 0.4) is 0 Å². The number of likely N-dealkylation sites (tertiary alicyclic amines) is 1. The average molecular weight is 448 g/mol. The second kappa shape index (κ2) is 9.18. The number of nitrogens with zero attached hydrogens (tertiary/aromatic N) is 2. The molecule has 8 heteroatoms. The number of nitrogens with one attached hydrogen (secondary N) is 1. The number of carbonyl (C=O) groups is 1. The number of rotatable bonds is 7. The number of carbonyl (C=O) groups excluding carboxylic acids is 1. The quantitative estimate of drug-likeness (QED) is 0.708. The van der Waals surface area contributed by atoms with E-state index < -0.39 is 10.0 Å². The van der Waals surface area contributed by atoms with Gasteiger partial charge < -0.3 is 5.32 Å². The monoisotopic (exact) mass is 447 g/mol. The Balaban J connectivity index is 1.44. The summed E-state index contributed by atoms with van der Waals surface area (Å²) < 4.78 is 27.9. The molecule has 1 amide bonds. The van der Waals surface area contributed by atoms with E-state index in [0.29, 0.717) is 31.2 Å². The Labute approximate surface area is 182 Å². The first-order chi connectivity index (χ1) is 14.5. The van der Waals surface area contributed by atoms with Crippen LogP contribution in [0.15, 0.2) is 40.6 Å². The fourth-order valence-corrected chi connectivity index (χ4v) is 6.68. The molecule has 1 aromatic heterocycles. The molecule has 1 N–H and O–H groups in total. The van der Waals surface area contributed by atoms with Gasteiger partial charge >= 0.3 is 0 Å². The Morgan fingerprint density at radius 1 is 1.20 bits per heavy atom. The molecule has 3 heterocycles. The van der Waals surface area contributed by atoms with Crippen molar-refractivity contribution in [2.24, 2.45) is 0 Å². The summed E-state index contributed by atoms with van der Waals surface area (Å²) in [5.41, 5.74) is 1.47. The molecule has 2 aromatic rings. The lowest BCUT2D eigenvalue weighted by atomic mass is 10.1. The van der Waals surface area contributed by atoms with Gasteiger partial charge in [-0.2, -0.15) is 4.31 Å². The van der Waals surface area contributed by atoms with Crippen LogP contribution in [0.4, 0.5) is 0 Å². The molecule has 1 unspecified atom stereocenters. The van der Waals surface area contributed by atoms with Gasteiger partial charge in [0.2, 0.25) is 10.0 Å². The molecule has 0 saturated carbocycles. The highest BCUT2D eigenvalue weighted by Crippen LogP contribution is 2.28. The van der Waals surface area contributed by atoms with Crippen LogP contribution in [-0.2, 0) is 23.0 Å². The van der Waals surface area contributed by atoms with Gasteiger partial charge in [0.25, 0.3) is 5.91 Å². The highest BCUT2D eigenvalue weighted by atomic mass is 32.2. The average Bonchev–Trinajstić information content (AvgIpc) is 3.45. The summed E-state index contributed by atoms with van der Waals surface area (Å²) in [4.78, 5) is 16.6. The van der Waals surface area contributed by atoms with E-state index in [1.807, 2.05) is 11.4 Å². The van der Waals surface area contributed by atoms with Crippen LogP contribution in [0.1, 0.15) is 47.0 Å². The third kappa shape index (κ3) is 4.46. The van der Waals surface area contributed by atoms with Gasteiger partial charge in [-0.1, -0.05) is 13.0 Å². The Hall–Kier alpha value is -1.74. The summed E-state index contributed by atoms with van der Waals surface area (Å²) in [7, 11) is -3.64. The maximum absolute atomic E-state index is 13.2. The van der Waals surface area contributed by atoms with Gasteiger partial charge in [-0.15, -0.1) is 11.3 Å². The molecule has 6 nitrogen and oxygen atoms in total. The van der Waals surface area contributed by atoms with E-state index in [-0.39, 0.29) is 10.8 Å². The number of amides is 1. The van der Waals surface area contributed by atoms with E-state index in [2.05, 4.69) is 17.1 Å². The second-order valence-electron chi connectivity index (χ2n) is 8.00. The largest absolute Gasteiger partial charge is 0.350 e. The minimum Gasteiger partial charge on any atom is -0.350 e. The van der Waals surface area contributed by atoms with Crippen molar-refractivity contribution in [3.8, 4) is 0 Å². The molecule has 1 aromatic carbocycles. The Bertz CT molecular complexity index is 997. The minimum atomic E-state index is -3.64. The molecule has 30 heavy (non-hydrogen) atoms. The van der Waals surface area contributed by atoms with Crippen LogP contribution < -0.4 is 5.32 Å². The smallest absolute Gasteiger partial charge is 0.251 e. The molecular formula is C22H29N3O3S2. The summed E-state index contributed by atoms with van der Waals surface area (Å²) in [5.74, 6) is -0.219. The zero-order valence-electron chi connectivity index (χ0n) is 17.3. The fourth-order valence-electron chi connectivity index (χ4n) is 4.33. The van der Waals surface area contributed by atoms with E-state index >= 15 is 0 Å². The van der Waals surface area contributed by atoms with Crippen molar-refractivity contribution in [2.45, 2.75) is 50.1 Å². The van der Waals surface area contributed by atoms with Gasteiger partial charge in [-0.3, -0.25) is 9.69 Å². The van der Waals surface area contributed by atoms with Crippen molar-refractivity contribution in [3.63, 3.8) is 0 Å². The highest BCUT2D eigenvalue weighted by molar-refractivity contribution is 7.89. The maximum Gasteiger partial charge on any atom is 0.251 e. The van der Waals surface area contributed by atoms with Crippen molar-refractivity contribution >= 4 is 27.3 Å². The SMILES string of the molecule is CCC(CNC(=O)c1cccc(S(=O)(=O)N2CCc3sccc3C2)c1)N1CCCC1. The first-order valence-electron chi connectivity index (χ1n) is 10.7. The van der Waals surface area contributed by atoms with Crippen molar-refractivity contribution in [2.75, 3.05) is 26.2 Å². The number of sulfonamides is 1. The summed E-state index contributed by atoms with van der Waals surface area (Å²) >= 11 is 1.68. The molecule has 2 aliphatic rings. The molecule has 4 rings (SSSR count). The minimum absolute atomic E-state index is 0.181. The number of benzene rings is 1. The number of hydrogen-bond acceptors (Lipinski definition) is 5. The van der Waals surface area contributed by atoms with Crippen LogP contribution in [0, 0.1) is 0 Å². The lowest BCUT2D eigenvalue weighted by molar-refractivity contribution is 0.0937. The van der Waals surface area contributed by atoms with Crippen molar-refractivity contribution in [1.29, 1.82) is 0 Å². The first kappa shape index (κ1) is 21.5. The Morgan fingerprint density at radius 2 is 2.00 bits per heavy atom. The Kier molecular flexibility index (Phi) is 6.57. The van der Waals surface area contributed by atoms with Gasteiger partial charge in [-0.05, 0) is 74.0 Å². The van der Waals surface area contributed by atoms with Gasteiger partial charge in [0, 0.05) is 36.1 Å². The van der Waals surface area contributed by atoms with Crippen LogP contribution in [0.5, 0.6) is 0 Å². The van der Waals surface area contributed by atoms with Gasteiger partial charge in [0.05, 0.1) is 4.90 Å². The van der Waals surface area contributed by atoms with Crippen molar-refractivity contribution in [3.05, 3.63) is 51.7 Å². The van der Waals surface area contributed by atoms with Crippen LogP contribution in [0.25, 0.3) is 0 Å². The predicted molar refractivity (Wildman–Crippen MR) is 119 cm³/mol. The molecule has 1 fully saturated rings. The third-order valence-electron chi connectivity index (χ3n) is 6.13. The number of fused-ring (bicyclic) bond motifs is 1. The first-order valence-corrected chi connectivity index (χ1v) is 13.0. The zero-order chi connectivity index (χ0) is 21.1. The normalized spacial score (nSPS) is 18.8. The topological polar surface area (TPSA) is 69.7 Å². The summed E-state index contributed by atoms with van der Waals surface area (Å²) in [6, 6.07) is 8.74. The lowest BCUT2D eigenvalue weighted by Crippen LogP contribution is -2.42. The summed E-state index contributed by atoms with van der Waals surface area (Å²) in [6.45, 7) is 5.76. The molecule has 0 radical (unpaired) electrons. The Morgan fingerprint density at radius 3 is 2.77 bits per heavy atom. The summed E-state index contributed by atoms with van der Waals surface area (Å²) in [6.07, 6.45) is 4.15. The standard InChI is InChI=1S/C22H29N3O3S2/c1-2-19(24-10-3-4-11-24)15-23-22(26)17-6-5-7-20(14-17)30(27,28)25-12-8-21-18(16-25)9-13-29-21/h5-7,9,13-14,19H,2-4,8,10-12,15-16H2,1H3,(H,23,26). The van der Waals surface area contributed by atoms with Crippen molar-refractivity contribution < 1.29 is 13.2 Å². The number of hydrogen-bond donors (Lipinski definition) is 1. The second-order valence-corrected chi connectivity index (χ2v) is 10.9.